The lowest BCUT2D eigenvalue weighted by Crippen LogP contribution is -2.62. The van der Waals surface area contributed by atoms with Crippen LogP contribution in [0.25, 0.3) is 5.65 Å². The number of hydrogen-bond donors (Lipinski definition) is 1. The molecule has 194 valence electrons. The second-order valence-electron chi connectivity index (χ2n) is 12.9. The van der Waals surface area contributed by atoms with E-state index in [-0.39, 0.29) is 11.0 Å². The van der Waals surface area contributed by atoms with Gasteiger partial charge in [0.2, 0.25) is 0 Å². The molecule has 37 heavy (non-hydrogen) atoms. The minimum atomic E-state index is -0.373. The summed E-state index contributed by atoms with van der Waals surface area (Å²) in [6.45, 7) is 10.5. The molecule has 9 rings (SSSR count). The molecule has 1 aromatic carbocycles. The van der Waals surface area contributed by atoms with E-state index in [4.69, 9.17) is 19.6 Å². The van der Waals surface area contributed by atoms with Crippen LogP contribution in [0.5, 0.6) is 0 Å². The largest absolute Gasteiger partial charge is 0.378 e. The minimum absolute atomic E-state index is 0.164. The van der Waals surface area contributed by atoms with Crippen LogP contribution in [0, 0.1) is 24.2 Å². The first kappa shape index (κ1) is 22.5. The zero-order chi connectivity index (χ0) is 24.8. The summed E-state index contributed by atoms with van der Waals surface area (Å²) in [5.41, 5.74) is 5.09. The number of ether oxygens (including phenoxy) is 2. The summed E-state index contributed by atoms with van der Waals surface area (Å²) < 4.78 is 14.8. The molecule has 6 heterocycles. The van der Waals surface area contributed by atoms with Gasteiger partial charge in [0.05, 0.1) is 31.2 Å². The Kier molecular flexibility index (Phi) is 4.73. The summed E-state index contributed by atoms with van der Waals surface area (Å²) in [6.07, 6.45) is 7.17. The van der Waals surface area contributed by atoms with Crippen LogP contribution in [0.15, 0.2) is 42.6 Å². The van der Waals surface area contributed by atoms with E-state index >= 15 is 0 Å². The van der Waals surface area contributed by atoms with E-state index in [1.807, 2.05) is 4.52 Å². The zero-order valence-corrected chi connectivity index (χ0v) is 21.9. The van der Waals surface area contributed by atoms with Crippen molar-refractivity contribution in [2.24, 2.45) is 17.3 Å². The first-order valence-electron chi connectivity index (χ1n) is 14.1. The molecule has 3 aromatic rings. The lowest BCUT2D eigenvalue weighted by Gasteiger charge is -2.54. The average molecular weight is 500 g/mol. The Labute approximate surface area is 218 Å². The Hall–Kier alpha value is -2.48. The highest BCUT2D eigenvalue weighted by Gasteiger charge is 2.64. The molecule has 4 aliphatic heterocycles. The summed E-state index contributed by atoms with van der Waals surface area (Å²) >= 11 is 0. The molecule has 7 heteroatoms. The van der Waals surface area contributed by atoms with Crippen LogP contribution in [-0.4, -0.2) is 60.1 Å². The molecule has 0 amide bonds. The monoisotopic (exact) mass is 499 g/mol. The fourth-order valence-electron chi connectivity index (χ4n) is 7.86. The van der Waals surface area contributed by atoms with Crippen molar-refractivity contribution in [3.63, 3.8) is 0 Å². The second-order valence-corrected chi connectivity index (χ2v) is 12.9. The maximum Gasteiger partial charge on any atom is 0.183 e. The number of fused-ring (bicyclic) bond motifs is 2. The van der Waals surface area contributed by atoms with Crippen LogP contribution in [0.2, 0.25) is 0 Å². The van der Waals surface area contributed by atoms with E-state index in [1.165, 1.54) is 37.2 Å². The van der Waals surface area contributed by atoms with Crippen molar-refractivity contribution in [1.82, 2.24) is 19.9 Å². The maximum absolute atomic E-state index is 6.41. The Morgan fingerprint density at radius 1 is 1.16 bits per heavy atom. The summed E-state index contributed by atoms with van der Waals surface area (Å²) in [5.74, 6) is 1.78. The van der Waals surface area contributed by atoms with Crippen molar-refractivity contribution < 1.29 is 9.47 Å². The van der Waals surface area contributed by atoms with E-state index in [1.54, 1.807) is 0 Å². The molecule has 2 bridgehead atoms. The van der Waals surface area contributed by atoms with Crippen LogP contribution in [-0.2, 0) is 20.5 Å². The van der Waals surface area contributed by atoms with Crippen LogP contribution < -0.4 is 10.2 Å². The third-order valence-corrected chi connectivity index (χ3v) is 10.4. The molecule has 4 saturated heterocycles. The molecule has 2 saturated carbocycles. The number of nitrogens with zero attached hydrogens (tertiary/aromatic N) is 4. The summed E-state index contributed by atoms with van der Waals surface area (Å²) in [6, 6.07) is 13.2. The Morgan fingerprint density at radius 2 is 2.00 bits per heavy atom. The fourth-order valence-corrected chi connectivity index (χ4v) is 7.86. The number of nitrogens with one attached hydrogen (secondary N) is 1. The molecule has 6 fully saturated rings. The van der Waals surface area contributed by atoms with E-state index < -0.39 is 0 Å². The Balaban J connectivity index is 1.02. The van der Waals surface area contributed by atoms with Crippen LogP contribution in [0.4, 0.5) is 5.69 Å². The first-order valence-corrected chi connectivity index (χ1v) is 14.1. The van der Waals surface area contributed by atoms with Crippen molar-refractivity contribution in [2.75, 3.05) is 44.3 Å². The van der Waals surface area contributed by atoms with E-state index in [9.17, 15) is 0 Å². The van der Waals surface area contributed by atoms with Crippen LogP contribution >= 0.6 is 0 Å². The lowest BCUT2D eigenvalue weighted by atomic mass is 9.62. The highest BCUT2D eigenvalue weighted by molar-refractivity contribution is 5.58. The van der Waals surface area contributed by atoms with Crippen LogP contribution in [0.1, 0.15) is 49.6 Å². The normalized spacial score (nSPS) is 34.1. The highest BCUT2D eigenvalue weighted by atomic mass is 16.5. The van der Waals surface area contributed by atoms with Gasteiger partial charge in [-0.1, -0.05) is 37.3 Å². The molecule has 4 atom stereocenters. The second kappa shape index (κ2) is 7.78. The van der Waals surface area contributed by atoms with Gasteiger partial charge < -0.3 is 19.7 Å². The predicted octanol–water partition coefficient (Wildman–Crippen LogP) is 3.84. The van der Waals surface area contributed by atoms with E-state index in [2.05, 4.69) is 66.7 Å². The Morgan fingerprint density at radius 3 is 2.76 bits per heavy atom. The van der Waals surface area contributed by atoms with E-state index in [0.717, 1.165) is 56.2 Å². The Bertz CT molecular complexity index is 1340. The molecule has 0 radical (unpaired) electrons. The number of benzene rings is 1. The molecule has 1 spiro atoms. The van der Waals surface area contributed by atoms with Gasteiger partial charge in [0.1, 0.15) is 5.60 Å². The van der Waals surface area contributed by atoms with Crippen LogP contribution in [0.3, 0.4) is 0 Å². The maximum atomic E-state index is 6.41. The van der Waals surface area contributed by atoms with Gasteiger partial charge in [-0.3, -0.25) is 0 Å². The SMILES string of the molecule is Cc1cc(N2CC[C@](C)(c3ccccc3)C2)cn2nc(C34CC(CO3)C4COC3CC4(CNC4)C3)nc12. The van der Waals surface area contributed by atoms with Gasteiger partial charge in [-0.2, -0.15) is 0 Å². The number of hydrogen-bond acceptors (Lipinski definition) is 6. The molecular weight excluding hydrogens is 462 g/mol. The van der Waals surface area contributed by atoms with Gasteiger partial charge in [0.15, 0.2) is 11.5 Å². The predicted molar refractivity (Wildman–Crippen MR) is 142 cm³/mol. The number of rotatable bonds is 6. The third-order valence-electron chi connectivity index (χ3n) is 10.4. The molecule has 3 unspecified atom stereocenters. The minimum Gasteiger partial charge on any atom is -0.378 e. The van der Waals surface area contributed by atoms with Crippen molar-refractivity contribution in [1.29, 1.82) is 0 Å². The number of aryl methyl sites for hydroxylation is 1. The van der Waals surface area contributed by atoms with E-state index in [0.29, 0.717) is 23.4 Å². The van der Waals surface area contributed by atoms with Gasteiger partial charge in [-0.05, 0) is 55.7 Å². The molecule has 1 N–H and O–H groups in total. The summed E-state index contributed by atoms with van der Waals surface area (Å²) in [5, 5.41) is 8.46. The number of anilines is 1. The first-order chi connectivity index (χ1) is 18.0. The summed E-state index contributed by atoms with van der Waals surface area (Å²) in [4.78, 5) is 7.55. The standard InChI is InChI=1S/C30H37N5O2/c1-20-10-23(34-9-8-28(2,19-34)22-6-4-3-5-7-22)14-35-26(20)32-27(33-35)30-11-21(15-37-30)25(30)16-36-24-12-29(13-24)17-31-18-29/h3-7,10,14,21,24-25,31H,8-9,11-13,15-19H2,1-2H3/t21?,25?,28-,30?/m0/s1. The topological polar surface area (TPSA) is 63.9 Å². The van der Waals surface area contributed by atoms with Crippen molar-refractivity contribution >= 4 is 11.3 Å². The molecule has 2 aliphatic carbocycles. The molecule has 2 aromatic heterocycles. The quantitative estimate of drug-likeness (QED) is 0.556. The van der Waals surface area contributed by atoms with Gasteiger partial charge in [-0.25, -0.2) is 9.50 Å². The average Bonchev–Trinajstić information content (AvgIpc) is 3.62. The fraction of sp³-hybridized carbons (Fsp3) is 0.600. The third kappa shape index (κ3) is 3.30. The van der Waals surface area contributed by atoms with Gasteiger partial charge in [0.25, 0.3) is 0 Å². The molecule has 6 aliphatic rings. The molecule has 7 nitrogen and oxygen atoms in total. The van der Waals surface area contributed by atoms with Gasteiger partial charge in [-0.15, -0.1) is 5.10 Å². The lowest BCUT2D eigenvalue weighted by molar-refractivity contribution is -0.150. The van der Waals surface area contributed by atoms with Crippen molar-refractivity contribution in [3.8, 4) is 0 Å². The smallest absolute Gasteiger partial charge is 0.183 e. The van der Waals surface area contributed by atoms with Gasteiger partial charge >= 0.3 is 0 Å². The zero-order valence-electron chi connectivity index (χ0n) is 21.9. The van der Waals surface area contributed by atoms with Crippen molar-refractivity contribution in [3.05, 3.63) is 59.5 Å². The van der Waals surface area contributed by atoms with Gasteiger partial charge in [0, 0.05) is 42.9 Å². The number of aromatic nitrogens is 3. The molecular formula is C30H37N5O2. The van der Waals surface area contributed by atoms with Crippen molar-refractivity contribution in [2.45, 2.75) is 56.7 Å². The highest BCUT2D eigenvalue weighted by Crippen LogP contribution is 2.59. The summed E-state index contributed by atoms with van der Waals surface area (Å²) in [7, 11) is 0. The number of pyridine rings is 1.